The number of thiophene rings is 1. The van der Waals surface area contributed by atoms with Gasteiger partial charge in [0.15, 0.2) is 5.82 Å². The van der Waals surface area contributed by atoms with E-state index in [9.17, 15) is 0 Å². The zero-order valence-corrected chi connectivity index (χ0v) is 25.1. The minimum atomic E-state index is 0.741. The Morgan fingerprint density at radius 1 is 0.400 bits per heavy atom. The van der Waals surface area contributed by atoms with E-state index in [1.807, 2.05) is 6.07 Å². The predicted octanol–water partition coefficient (Wildman–Crippen LogP) is 11.8. The highest BCUT2D eigenvalue weighted by molar-refractivity contribution is 7.25. The summed E-state index contributed by atoms with van der Waals surface area (Å²) < 4.78 is 1.22. The van der Waals surface area contributed by atoms with Crippen LogP contribution < -0.4 is 0 Å². The molecule has 0 unspecified atom stereocenters. The lowest BCUT2D eigenvalue weighted by molar-refractivity contribution is 1.24. The summed E-state index contributed by atoms with van der Waals surface area (Å²) >= 11 is 1.73. The molecule has 9 aromatic rings. The van der Waals surface area contributed by atoms with Crippen LogP contribution in [0, 0.1) is 0 Å². The Labute approximate surface area is 264 Å². The van der Waals surface area contributed by atoms with Crippen LogP contribution >= 0.6 is 11.3 Å². The first-order valence-corrected chi connectivity index (χ1v) is 16.0. The molecule has 2 aromatic heterocycles. The van der Waals surface area contributed by atoms with Gasteiger partial charge in [-0.3, -0.25) is 0 Å². The molecule has 0 bridgehead atoms. The Morgan fingerprint density at radius 2 is 1.02 bits per heavy atom. The van der Waals surface area contributed by atoms with Crippen LogP contribution in [0.5, 0.6) is 0 Å². The maximum atomic E-state index is 5.31. The number of fused-ring (bicyclic) bond motifs is 6. The molecule has 7 aromatic carbocycles. The van der Waals surface area contributed by atoms with Crippen molar-refractivity contribution in [1.82, 2.24) is 9.97 Å². The van der Waals surface area contributed by atoms with Gasteiger partial charge in [0.2, 0.25) is 0 Å². The average molecular weight is 591 g/mol. The van der Waals surface area contributed by atoms with Crippen LogP contribution in [0.2, 0.25) is 0 Å². The van der Waals surface area contributed by atoms with Gasteiger partial charge in [-0.1, -0.05) is 140 Å². The lowest BCUT2D eigenvalue weighted by Gasteiger charge is -2.13. The second-order valence-corrected chi connectivity index (χ2v) is 12.4. The highest BCUT2D eigenvalue weighted by Gasteiger charge is 2.18. The van der Waals surface area contributed by atoms with Crippen LogP contribution in [0.25, 0.3) is 86.7 Å². The molecule has 2 heterocycles. The molecule has 0 saturated heterocycles. The van der Waals surface area contributed by atoms with Gasteiger partial charge >= 0.3 is 0 Å². The molecule has 45 heavy (non-hydrogen) atoms. The molecular weight excluding hydrogens is 565 g/mol. The zero-order valence-electron chi connectivity index (χ0n) is 24.3. The van der Waals surface area contributed by atoms with Crippen molar-refractivity contribution in [3.63, 3.8) is 0 Å². The fourth-order valence-corrected chi connectivity index (χ4v) is 7.61. The van der Waals surface area contributed by atoms with Crippen molar-refractivity contribution in [2.45, 2.75) is 0 Å². The van der Waals surface area contributed by atoms with E-state index in [1.54, 1.807) is 11.3 Å². The van der Waals surface area contributed by atoms with Crippen molar-refractivity contribution in [3.05, 3.63) is 158 Å². The number of aromatic nitrogens is 2. The minimum absolute atomic E-state index is 0.741. The Hall–Kier alpha value is -5.64. The number of hydrogen-bond donors (Lipinski definition) is 0. The molecule has 0 aliphatic rings. The van der Waals surface area contributed by atoms with Crippen LogP contribution in [0.1, 0.15) is 0 Å². The molecule has 0 amide bonds. The van der Waals surface area contributed by atoms with E-state index < -0.39 is 0 Å². The third-order valence-electron chi connectivity index (χ3n) is 8.70. The van der Waals surface area contributed by atoms with E-state index in [2.05, 4.69) is 152 Å². The summed E-state index contributed by atoms with van der Waals surface area (Å²) in [6.45, 7) is 0. The number of benzene rings is 7. The smallest absolute Gasteiger partial charge is 0.161 e. The third kappa shape index (κ3) is 4.40. The first kappa shape index (κ1) is 25.8. The van der Waals surface area contributed by atoms with Gasteiger partial charge in [-0.15, -0.1) is 11.3 Å². The van der Waals surface area contributed by atoms with Crippen LogP contribution in [0.3, 0.4) is 0 Å². The van der Waals surface area contributed by atoms with Crippen molar-refractivity contribution < 1.29 is 0 Å². The fraction of sp³-hybridized carbons (Fsp3) is 0. The molecule has 3 heteroatoms. The van der Waals surface area contributed by atoms with Crippen LogP contribution in [0.4, 0.5) is 0 Å². The Morgan fingerprint density at radius 3 is 1.87 bits per heavy atom. The Kier molecular flexibility index (Phi) is 6.03. The topological polar surface area (TPSA) is 25.8 Å². The molecule has 0 saturated carbocycles. The molecule has 0 aliphatic heterocycles. The summed E-state index contributed by atoms with van der Waals surface area (Å²) in [4.78, 5) is 11.4. The van der Waals surface area contributed by atoms with Gasteiger partial charge in [0, 0.05) is 26.6 Å². The van der Waals surface area contributed by atoms with E-state index in [-0.39, 0.29) is 0 Å². The number of hydrogen-bond acceptors (Lipinski definition) is 3. The van der Waals surface area contributed by atoms with Gasteiger partial charge in [-0.05, 0) is 62.0 Å². The summed E-state index contributed by atoms with van der Waals surface area (Å²) in [5, 5.41) is 7.34. The molecule has 0 aliphatic carbocycles. The third-order valence-corrected chi connectivity index (χ3v) is 9.77. The fourth-order valence-electron chi connectivity index (χ4n) is 6.53. The second-order valence-electron chi connectivity index (χ2n) is 11.4. The monoisotopic (exact) mass is 590 g/mol. The average Bonchev–Trinajstić information content (AvgIpc) is 3.50. The molecule has 0 radical (unpaired) electrons. The lowest BCUT2D eigenvalue weighted by Crippen LogP contribution is -1.94. The van der Waals surface area contributed by atoms with Crippen molar-refractivity contribution in [1.29, 1.82) is 0 Å². The van der Waals surface area contributed by atoms with Crippen molar-refractivity contribution in [2.24, 2.45) is 0 Å². The highest BCUT2D eigenvalue weighted by Crippen LogP contribution is 2.41. The van der Waals surface area contributed by atoms with Gasteiger partial charge in [0.05, 0.1) is 5.69 Å². The van der Waals surface area contributed by atoms with Gasteiger partial charge in [0.1, 0.15) is 4.83 Å². The highest BCUT2D eigenvalue weighted by atomic mass is 32.1. The van der Waals surface area contributed by atoms with Crippen molar-refractivity contribution in [2.75, 3.05) is 0 Å². The molecule has 0 fully saturated rings. The van der Waals surface area contributed by atoms with Crippen LogP contribution in [-0.2, 0) is 0 Å². The quantitative estimate of drug-likeness (QED) is 0.191. The van der Waals surface area contributed by atoms with E-state index in [0.29, 0.717) is 0 Å². The SMILES string of the molecule is c1ccc(-c2ccc(-c3nc(-c4cccc(-c5cc6ccccc6c6ccccc56)c4)c4c(n3)sc3ccccc34)cc2)cc1. The van der Waals surface area contributed by atoms with E-state index in [1.165, 1.54) is 53.9 Å². The molecule has 0 N–H and O–H groups in total. The predicted molar refractivity (Wildman–Crippen MR) is 192 cm³/mol. The normalized spacial score (nSPS) is 11.6. The summed E-state index contributed by atoms with van der Waals surface area (Å²) in [5.74, 6) is 0.741. The van der Waals surface area contributed by atoms with E-state index in [4.69, 9.17) is 9.97 Å². The second kappa shape index (κ2) is 10.5. The molecule has 9 rings (SSSR count). The van der Waals surface area contributed by atoms with Gasteiger partial charge in [-0.25, -0.2) is 9.97 Å². The molecule has 0 atom stereocenters. The first-order chi connectivity index (χ1) is 22.3. The van der Waals surface area contributed by atoms with Crippen LogP contribution in [-0.4, -0.2) is 9.97 Å². The first-order valence-electron chi connectivity index (χ1n) is 15.2. The van der Waals surface area contributed by atoms with Crippen molar-refractivity contribution in [3.8, 4) is 44.9 Å². The molecule has 2 nitrogen and oxygen atoms in total. The van der Waals surface area contributed by atoms with Crippen molar-refractivity contribution >= 4 is 53.2 Å². The van der Waals surface area contributed by atoms with Gasteiger partial charge in [-0.2, -0.15) is 0 Å². The molecule has 0 spiro atoms. The number of nitrogens with zero attached hydrogens (tertiary/aromatic N) is 2. The summed E-state index contributed by atoms with van der Waals surface area (Å²) in [6, 6.07) is 56.2. The maximum Gasteiger partial charge on any atom is 0.161 e. The van der Waals surface area contributed by atoms with E-state index >= 15 is 0 Å². The van der Waals surface area contributed by atoms with E-state index in [0.717, 1.165) is 32.9 Å². The van der Waals surface area contributed by atoms with Crippen LogP contribution in [0.15, 0.2) is 158 Å². The largest absolute Gasteiger partial charge is 0.227 e. The minimum Gasteiger partial charge on any atom is -0.227 e. The Balaban J connectivity index is 1.25. The summed E-state index contributed by atoms with van der Waals surface area (Å²) in [6.07, 6.45) is 0. The Bertz CT molecular complexity index is 2530. The molecule has 210 valence electrons. The lowest BCUT2D eigenvalue weighted by atomic mass is 9.92. The molecular formula is C42H26N2S. The zero-order chi connectivity index (χ0) is 29.7. The van der Waals surface area contributed by atoms with Gasteiger partial charge < -0.3 is 0 Å². The number of rotatable bonds is 4. The summed E-state index contributed by atoms with van der Waals surface area (Å²) in [5.41, 5.74) is 7.83. The standard InChI is InChI=1S/C42H26N2S/c1-2-11-27(12-3-1)28-21-23-29(24-22-28)41-43-40(39-36-19-8-9-20-38(36)45-42(39)44-41)32-15-10-14-30(25-32)37-26-31-13-4-5-16-33(31)34-17-6-7-18-35(34)37/h1-26H. The van der Waals surface area contributed by atoms with Gasteiger partial charge in [0.25, 0.3) is 0 Å². The maximum absolute atomic E-state index is 5.31. The summed E-state index contributed by atoms with van der Waals surface area (Å²) in [7, 11) is 0.